The summed E-state index contributed by atoms with van der Waals surface area (Å²) in [6.07, 6.45) is -0.675. The lowest BCUT2D eigenvalue weighted by Crippen LogP contribution is -2.44. The first kappa shape index (κ1) is 21.9. The van der Waals surface area contributed by atoms with Crippen LogP contribution in [-0.4, -0.2) is 54.9 Å². The molecule has 26 heavy (non-hydrogen) atoms. The van der Waals surface area contributed by atoms with Crippen molar-refractivity contribution in [1.82, 2.24) is 16.0 Å². The molecule has 7 nitrogen and oxygen atoms in total. The lowest BCUT2D eigenvalue weighted by Gasteiger charge is -2.20. The molecule has 1 amide bonds. The summed E-state index contributed by atoms with van der Waals surface area (Å²) in [5, 5.41) is 18.9. The van der Waals surface area contributed by atoms with Crippen LogP contribution in [0.1, 0.15) is 33.3 Å². The number of hydrogen-bond donors (Lipinski definition) is 4. The van der Waals surface area contributed by atoms with Crippen LogP contribution >= 0.6 is 0 Å². The highest BCUT2D eigenvalue weighted by Gasteiger charge is 2.13. The van der Waals surface area contributed by atoms with Crippen molar-refractivity contribution in [2.45, 2.75) is 45.9 Å². The van der Waals surface area contributed by atoms with Crippen LogP contribution in [0.4, 0.5) is 0 Å². The van der Waals surface area contributed by atoms with Crippen LogP contribution in [0, 0.1) is 0 Å². The number of rotatable bonds is 9. The molecule has 7 heteroatoms. The molecule has 0 fully saturated rings. The molecule has 1 atom stereocenters. The number of aliphatic hydroxyl groups excluding tert-OH is 1. The quantitative estimate of drug-likeness (QED) is 0.388. The highest BCUT2D eigenvalue weighted by atomic mass is 16.5. The van der Waals surface area contributed by atoms with Gasteiger partial charge in [0.1, 0.15) is 6.54 Å². The van der Waals surface area contributed by atoms with Crippen LogP contribution in [0.25, 0.3) is 0 Å². The lowest BCUT2D eigenvalue weighted by molar-refractivity contribution is -0.121. The van der Waals surface area contributed by atoms with Gasteiger partial charge >= 0.3 is 0 Å². The Kier molecular flexibility index (Phi) is 9.69. The first-order chi connectivity index (χ1) is 12.3. The van der Waals surface area contributed by atoms with Crippen molar-refractivity contribution in [3.63, 3.8) is 0 Å². The van der Waals surface area contributed by atoms with Gasteiger partial charge in [0, 0.05) is 18.6 Å². The maximum Gasteiger partial charge on any atom is 0.242 e. The lowest BCUT2D eigenvalue weighted by atomic mass is 10.1. The molecule has 0 saturated carbocycles. The Bertz CT molecular complexity index is 556. The zero-order valence-corrected chi connectivity index (χ0v) is 16.2. The minimum absolute atomic E-state index is 0.0210. The molecule has 1 unspecified atom stereocenters. The number of nitrogens with zero attached hydrogens (tertiary/aromatic N) is 1. The monoisotopic (exact) mass is 364 g/mol. The average Bonchev–Trinajstić information content (AvgIpc) is 2.57. The molecule has 0 saturated heterocycles. The second kappa shape index (κ2) is 11.5. The van der Waals surface area contributed by atoms with E-state index in [2.05, 4.69) is 20.9 Å². The molecule has 0 radical (unpaired) electrons. The molecule has 0 aliphatic rings. The normalized spacial score (nSPS) is 13.2. The van der Waals surface area contributed by atoms with Gasteiger partial charge in [-0.2, -0.15) is 0 Å². The number of aliphatic hydroxyl groups is 1. The van der Waals surface area contributed by atoms with Crippen LogP contribution in [0.2, 0.25) is 0 Å². The summed E-state index contributed by atoms with van der Waals surface area (Å²) < 4.78 is 5.51. The van der Waals surface area contributed by atoms with Crippen molar-refractivity contribution < 1.29 is 14.6 Å². The molecule has 1 aromatic carbocycles. The van der Waals surface area contributed by atoms with Gasteiger partial charge in [-0.1, -0.05) is 30.3 Å². The Labute approximate surface area is 156 Å². The number of nitrogens with one attached hydrogen (secondary N) is 3. The summed E-state index contributed by atoms with van der Waals surface area (Å²) in [4.78, 5) is 16.1. The Balaban J connectivity index is 2.34. The van der Waals surface area contributed by atoms with Crippen LogP contribution in [0.5, 0.6) is 0 Å². The fourth-order valence-electron chi connectivity index (χ4n) is 2.11. The van der Waals surface area contributed by atoms with Gasteiger partial charge in [-0.15, -0.1) is 0 Å². The number of carbonyl (C=O) groups is 1. The molecule has 146 valence electrons. The summed E-state index contributed by atoms with van der Waals surface area (Å²) in [6.45, 7) is 9.33. The number of hydrogen-bond acceptors (Lipinski definition) is 4. The SMILES string of the molecule is CCNC(=NCC(=O)NC(C)(C)C)NCC(O)COCc1ccccc1. The van der Waals surface area contributed by atoms with Crippen LogP contribution in [0.3, 0.4) is 0 Å². The Morgan fingerprint density at radius 1 is 1.23 bits per heavy atom. The summed E-state index contributed by atoms with van der Waals surface area (Å²) in [7, 11) is 0. The second-order valence-corrected chi connectivity index (χ2v) is 7.03. The molecule has 1 rings (SSSR count). The molecule has 0 aliphatic heterocycles. The van der Waals surface area contributed by atoms with Gasteiger partial charge in [0.25, 0.3) is 0 Å². The van der Waals surface area contributed by atoms with E-state index in [0.717, 1.165) is 5.56 Å². The summed E-state index contributed by atoms with van der Waals surface area (Å²) in [5.41, 5.74) is 0.775. The molecular formula is C19H32N4O3. The van der Waals surface area contributed by atoms with E-state index in [1.54, 1.807) is 0 Å². The van der Waals surface area contributed by atoms with Gasteiger partial charge in [0.2, 0.25) is 5.91 Å². The number of guanidine groups is 1. The molecule has 0 spiro atoms. The maximum atomic E-state index is 11.8. The number of carbonyl (C=O) groups excluding carboxylic acids is 1. The fourth-order valence-corrected chi connectivity index (χ4v) is 2.11. The third-order valence-corrected chi connectivity index (χ3v) is 3.17. The predicted molar refractivity (Wildman–Crippen MR) is 104 cm³/mol. The van der Waals surface area contributed by atoms with Gasteiger partial charge in [-0.05, 0) is 33.3 Å². The van der Waals surface area contributed by atoms with E-state index >= 15 is 0 Å². The molecule has 0 heterocycles. The van der Waals surface area contributed by atoms with Crippen molar-refractivity contribution in [3.05, 3.63) is 35.9 Å². The molecule has 0 aromatic heterocycles. The largest absolute Gasteiger partial charge is 0.389 e. The van der Waals surface area contributed by atoms with Crippen molar-refractivity contribution in [3.8, 4) is 0 Å². The summed E-state index contributed by atoms with van der Waals surface area (Å²) >= 11 is 0. The Hall–Kier alpha value is -2.12. The topological polar surface area (TPSA) is 95.0 Å². The van der Waals surface area contributed by atoms with Gasteiger partial charge < -0.3 is 25.8 Å². The van der Waals surface area contributed by atoms with Crippen molar-refractivity contribution in [1.29, 1.82) is 0 Å². The van der Waals surface area contributed by atoms with Gasteiger partial charge in [0.15, 0.2) is 5.96 Å². The molecule has 0 bridgehead atoms. The molecule has 1 aromatic rings. The number of ether oxygens (including phenoxy) is 1. The van der Waals surface area contributed by atoms with E-state index in [-0.39, 0.29) is 31.1 Å². The number of aliphatic imine (C=N–C) groups is 1. The number of benzene rings is 1. The van der Waals surface area contributed by atoms with Gasteiger partial charge in [-0.3, -0.25) is 4.79 Å². The predicted octanol–water partition coefficient (Wildman–Crippen LogP) is 1.03. The summed E-state index contributed by atoms with van der Waals surface area (Å²) in [5.74, 6) is 0.333. The first-order valence-electron chi connectivity index (χ1n) is 8.93. The van der Waals surface area contributed by atoms with E-state index in [9.17, 15) is 9.90 Å². The molecule has 4 N–H and O–H groups in total. The van der Waals surface area contributed by atoms with E-state index in [4.69, 9.17) is 4.74 Å². The van der Waals surface area contributed by atoms with E-state index in [1.807, 2.05) is 58.0 Å². The van der Waals surface area contributed by atoms with E-state index in [0.29, 0.717) is 19.1 Å². The van der Waals surface area contributed by atoms with Gasteiger partial charge in [-0.25, -0.2) is 4.99 Å². The third-order valence-electron chi connectivity index (χ3n) is 3.17. The van der Waals surface area contributed by atoms with Crippen LogP contribution in [0.15, 0.2) is 35.3 Å². The highest BCUT2D eigenvalue weighted by molar-refractivity contribution is 5.85. The van der Waals surface area contributed by atoms with Crippen LogP contribution < -0.4 is 16.0 Å². The average molecular weight is 364 g/mol. The van der Waals surface area contributed by atoms with Crippen molar-refractivity contribution in [2.75, 3.05) is 26.2 Å². The fraction of sp³-hybridized carbons (Fsp3) is 0.579. The first-order valence-corrected chi connectivity index (χ1v) is 8.93. The van der Waals surface area contributed by atoms with E-state index < -0.39 is 6.10 Å². The second-order valence-electron chi connectivity index (χ2n) is 7.03. The van der Waals surface area contributed by atoms with Crippen molar-refractivity contribution in [2.24, 2.45) is 4.99 Å². The smallest absolute Gasteiger partial charge is 0.242 e. The Morgan fingerprint density at radius 2 is 1.92 bits per heavy atom. The molecule has 0 aliphatic carbocycles. The van der Waals surface area contributed by atoms with Crippen molar-refractivity contribution >= 4 is 11.9 Å². The van der Waals surface area contributed by atoms with Crippen LogP contribution in [-0.2, 0) is 16.1 Å². The Morgan fingerprint density at radius 3 is 2.54 bits per heavy atom. The minimum atomic E-state index is -0.675. The van der Waals surface area contributed by atoms with E-state index in [1.165, 1.54) is 0 Å². The molecular weight excluding hydrogens is 332 g/mol. The number of amides is 1. The maximum absolute atomic E-state index is 11.8. The zero-order chi connectivity index (χ0) is 19.4. The van der Waals surface area contributed by atoms with Gasteiger partial charge in [0.05, 0.1) is 19.3 Å². The zero-order valence-electron chi connectivity index (χ0n) is 16.2. The highest BCUT2D eigenvalue weighted by Crippen LogP contribution is 2.01. The standard InChI is InChI=1S/C19H32N4O3/c1-5-20-18(22-12-17(25)23-19(2,3)4)21-11-16(24)14-26-13-15-9-7-6-8-10-15/h6-10,16,24H,5,11-14H2,1-4H3,(H,23,25)(H2,20,21,22). The summed E-state index contributed by atoms with van der Waals surface area (Å²) in [6, 6.07) is 9.80. The minimum Gasteiger partial charge on any atom is -0.389 e. The third kappa shape index (κ3) is 10.7.